The van der Waals surface area contributed by atoms with Crippen molar-refractivity contribution in [2.24, 2.45) is 0 Å². The number of amides is 3. The number of carbonyl (C=O) groups excluding carboxylic acids is 3. The van der Waals surface area contributed by atoms with E-state index >= 15 is 0 Å². The molecule has 0 spiro atoms. The third kappa shape index (κ3) is 8.02. The number of carbonyl (C=O) groups is 4. The normalized spacial score (nSPS) is 16.0. The average molecular weight is 555 g/mol. The van der Waals surface area contributed by atoms with E-state index in [1.807, 2.05) is 0 Å². The summed E-state index contributed by atoms with van der Waals surface area (Å²) in [4.78, 5) is 48.4. The molecule has 2 atom stereocenters. The van der Waals surface area contributed by atoms with Crippen LogP contribution in [0.3, 0.4) is 0 Å². The first-order valence-electron chi connectivity index (χ1n) is 10.8. The number of hydrogen-bond donors (Lipinski definition) is 5. The van der Waals surface area contributed by atoms with Gasteiger partial charge in [-0.1, -0.05) is 23.2 Å². The highest BCUT2D eigenvalue weighted by Crippen LogP contribution is 2.27. The Hall–Kier alpha value is -2.99. The zero-order valence-corrected chi connectivity index (χ0v) is 21.2. The van der Waals surface area contributed by atoms with Gasteiger partial charge in [-0.25, -0.2) is 4.79 Å². The number of benzene rings is 1. The summed E-state index contributed by atoms with van der Waals surface area (Å²) in [6, 6.07) is 4.73. The first-order chi connectivity index (χ1) is 17.2. The van der Waals surface area contributed by atoms with E-state index in [1.54, 1.807) is 23.9 Å². The van der Waals surface area contributed by atoms with Gasteiger partial charge in [0.05, 0.1) is 27.9 Å². The maximum atomic E-state index is 12.8. The molecule has 0 saturated carbocycles. The van der Waals surface area contributed by atoms with Crippen LogP contribution in [0.2, 0.25) is 10.0 Å². The van der Waals surface area contributed by atoms with Gasteiger partial charge < -0.3 is 25.5 Å². The first kappa shape index (κ1) is 27.6. The second kappa shape index (κ2) is 13.4. The van der Waals surface area contributed by atoms with E-state index in [0.717, 1.165) is 0 Å². The average Bonchev–Trinajstić information content (AvgIpc) is 3.54. The summed E-state index contributed by atoms with van der Waals surface area (Å²) >= 11 is 14.1. The van der Waals surface area contributed by atoms with Crippen LogP contribution in [0.4, 0.5) is 0 Å². The van der Waals surface area contributed by atoms with E-state index < -0.39 is 17.9 Å². The van der Waals surface area contributed by atoms with Crippen molar-refractivity contribution >= 4 is 64.7 Å². The molecule has 2 heterocycles. The van der Waals surface area contributed by atoms with Crippen LogP contribution in [0.25, 0.3) is 6.08 Å². The lowest BCUT2D eigenvalue weighted by molar-refractivity contribution is -0.139. The van der Waals surface area contributed by atoms with E-state index in [4.69, 9.17) is 27.6 Å². The SMILES string of the molecule is O=C(/C=C/c1ccco1)NCc1cc(Cl)c(C(=O)N[C@@H](CCNC(=O)[C@@H]2CSCN2)C(=O)O)c(Cl)c1. The standard InChI is InChI=1S/C23H24Cl2N4O6S/c24-15-8-13(10-27-19(30)4-3-14-2-1-7-35-14)9-16(25)20(15)22(32)29-17(23(33)34)5-6-26-21(31)18-11-36-12-28-18/h1-4,7-9,17-18,28H,5-6,10-12H2,(H,26,31)(H,27,30)(H,29,32)(H,33,34)/b4-3+/t17-,18-/m0/s1. The van der Waals surface area contributed by atoms with Gasteiger partial charge in [0, 0.05) is 30.8 Å². The smallest absolute Gasteiger partial charge is 0.326 e. The molecule has 0 bridgehead atoms. The van der Waals surface area contributed by atoms with Gasteiger partial charge in [0.25, 0.3) is 5.91 Å². The molecule has 1 aromatic heterocycles. The molecule has 1 aromatic carbocycles. The highest BCUT2D eigenvalue weighted by molar-refractivity contribution is 7.99. The Morgan fingerprint density at radius 1 is 1.22 bits per heavy atom. The summed E-state index contributed by atoms with van der Waals surface area (Å²) < 4.78 is 5.11. The summed E-state index contributed by atoms with van der Waals surface area (Å²) in [5, 5.41) is 20.2. The zero-order chi connectivity index (χ0) is 26.1. The Balaban J connectivity index is 1.54. The minimum absolute atomic E-state index is 0.00220. The van der Waals surface area contributed by atoms with Crippen molar-refractivity contribution < 1.29 is 28.7 Å². The summed E-state index contributed by atoms with van der Waals surface area (Å²) in [6.45, 7) is 0.155. The van der Waals surface area contributed by atoms with Gasteiger partial charge in [0.2, 0.25) is 11.8 Å². The fourth-order valence-corrected chi connectivity index (χ4v) is 4.90. The molecule has 1 aliphatic heterocycles. The number of carboxylic acid groups (broad SMARTS) is 1. The molecule has 10 nitrogen and oxygen atoms in total. The van der Waals surface area contributed by atoms with Crippen molar-refractivity contribution in [2.45, 2.75) is 25.0 Å². The predicted octanol–water partition coefficient (Wildman–Crippen LogP) is 2.27. The van der Waals surface area contributed by atoms with Crippen LogP contribution in [-0.4, -0.2) is 59.1 Å². The van der Waals surface area contributed by atoms with Crippen LogP contribution in [0.5, 0.6) is 0 Å². The van der Waals surface area contributed by atoms with E-state index in [-0.39, 0.29) is 53.0 Å². The predicted molar refractivity (Wildman–Crippen MR) is 137 cm³/mol. The lowest BCUT2D eigenvalue weighted by atomic mass is 10.1. The number of halogens is 2. The molecule has 13 heteroatoms. The third-order valence-electron chi connectivity index (χ3n) is 5.11. The number of nitrogens with one attached hydrogen (secondary N) is 4. The van der Waals surface area contributed by atoms with E-state index in [2.05, 4.69) is 21.3 Å². The number of thioether (sulfide) groups is 1. The summed E-state index contributed by atoms with van der Waals surface area (Å²) in [5.74, 6) is -0.778. The second-order valence-corrected chi connectivity index (χ2v) is 9.56. The van der Waals surface area contributed by atoms with Crippen LogP contribution in [0.1, 0.15) is 28.1 Å². The van der Waals surface area contributed by atoms with Crippen molar-refractivity contribution in [1.29, 1.82) is 0 Å². The molecular formula is C23H24Cl2N4O6S. The van der Waals surface area contributed by atoms with Gasteiger partial charge >= 0.3 is 5.97 Å². The van der Waals surface area contributed by atoms with Crippen molar-refractivity contribution in [3.05, 3.63) is 63.5 Å². The van der Waals surface area contributed by atoms with Crippen LogP contribution >= 0.6 is 35.0 Å². The quantitative estimate of drug-likeness (QED) is 0.265. The summed E-state index contributed by atoms with van der Waals surface area (Å²) in [6.07, 6.45) is 4.28. The zero-order valence-electron chi connectivity index (χ0n) is 18.9. The molecular weight excluding hydrogens is 531 g/mol. The number of furan rings is 1. The number of rotatable bonds is 11. The van der Waals surface area contributed by atoms with Crippen molar-refractivity contribution in [3.8, 4) is 0 Å². The van der Waals surface area contributed by atoms with Crippen molar-refractivity contribution in [1.82, 2.24) is 21.3 Å². The number of aliphatic carboxylic acids is 1. The highest BCUT2D eigenvalue weighted by Gasteiger charge is 2.26. The maximum absolute atomic E-state index is 12.8. The Morgan fingerprint density at radius 2 is 1.97 bits per heavy atom. The molecule has 1 aliphatic rings. The molecule has 2 aromatic rings. The monoisotopic (exact) mass is 554 g/mol. The molecule has 1 saturated heterocycles. The first-order valence-corrected chi connectivity index (χ1v) is 12.8. The molecule has 0 unspecified atom stereocenters. The van der Waals surface area contributed by atoms with Crippen LogP contribution in [0.15, 0.2) is 41.0 Å². The molecule has 0 radical (unpaired) electrons. The van der Waals surface area contributed by atoms with E-state index in [1.165, 1.54) is 30.5 Å². The minimum Gasteiger partial charge on any atom is -0.480 e. The Labute approximate surface area is 221 Å². The van der Waals surface area contributed by atoms with Crippen molar-refractivity contribution in [3.63, 3.8) is 0 Å². The topological polar surface area (TPSA) is 150 Å². The number of carboxylic acids is 1. The second-order valence-electron chi connectivity index (χ2n) is 7.72. The van der Waals surface area contributed by atoms with Crippen LogP contribution < -0.4 is 21.3 Å². The lowest BCUT2D eigenvalue weighted by Gasteiger charge is -2.17. The van der Waals surface area contributed by atoms with E-state index in [9.17, 15) is 24.3 Å². The molecule has 3 rings (SSSR count). The van der Waals surface area contributed by atoms with Gasteiger partial charge in [-0.3, -0.25) is 19.7 Å². The summed E-state index contributed by atoms with van der Waals surface area (Å²) in [7, 11) is 0. The molecule has 192 valence electrons. The molecule has 3 amide bonds. The van der Waals surface area contributed by atoms with Crippen LogP contribution in [-0.2, 0) is 20.9 Å². The Kier molecular flexibility index (Phi) is 10.2. The molecule has 36 heavy (non-hydrogen) atoms. The largest absolute Gasteiger partial charge is 0.480 e. The van der Waals surface area contributed by atoms with Gasteiger partial charge in [-0.15, -0.1) is 11.8 Å². The van der Waals surface area contributed by atoms with Gasteiger partial charge in [0.1, 0.15) is 11.8 Å². The minimum atomic E-state index is -1.27. The third-order valence-corrected chi connectivity index (χ3v) is 6.64. The van der Waals surface area contributed by atoms with Gasteiger partial charge in [0.15, 0.2) is 0 Å². The molecule has 0 aliphatic carbocycles. The number of hydrogen-bond acceptors (Lipinski definition) is 7. The molecule has 5 N–H and O–H groups in total. The van der Waals surface area contributed by atoms with E-state index in [0.29, 0.717) is 23.0 Å². The molecule has 1 fully saturated rings. The van der Waals surface area contributed by atoms with Gasteiger partial charge in [-0.2, -0.15) is 0 Å². The van der Waals surface area contributed by atoms with Crippen molar-refractivity contribution in [2.75, 3.05) is 18.2 Å². The Bertz CT molecular complexity index is 1110. The maximum Gasteiger partial charge on any atom is 0.326 e. The fraction of sp³-hybridized carbons (Fsp3) is 0.304. The van der Waals surface area contributed by atoms with Gasteiger partial charge in [-0.05, 0) is 42.3 Å². The van der Waals surface area contributed by atoms with Crippen LogP contribution in [0, 0.1) is 0 Å². The Morgan fingerprint density at radius 3 is 2.58 bits per heavy atom. The summed E-state index contributed by atoms with van der Waals surface area (Å²) in [5.41, 5.74) is 0.450. The lowest BCUT2D eigenvalue weighted by Crippen LogP contribution is -2.46. The fourth-order valence-electron chi connectivity index (χ4n) is 3.25. The highest BCUT2D eigenvalue weighted by atomic mass is 35.5.